The van der Waals surface area contributed by atoms with Crippen LogP contribution in [0.4, 0.5) is 9.59 Å². The van der Waals surface area contributed by atoms with Crippen LogP contribution in [0.1, 0.15) is 81.7 Å². The Labute approximate surface area is 375 Å². The number of amides is 3. The summed E-state index contributed by atoms with van der Waals surface area (Å²) in [5, 5.41) is 5.22. The Bertz CT molecular complexity index is 2820. The van der Waals surface area contributed by atoms with Crippen molar-refractivity contribution < 1.29 is 33.3 Å². The lowest BCUT2D eigenvalue weighted by Gasteiger charge is -2.33. The van der Waals surface area contributed by atoms with Gasteiger partial charge in [-0.3, -0.25) is 14.5 Å². The summed E-state index contributed by atoms with van der Waals surface area (Å²) in [7, 11) is 1.27. The molecule has 1 spiro atoms. The van der Waals surface area contributed by atoms with Crippen molar-refractivity contribution in [3.8, 4) is 22.4 Å². The highest BCUT2D eigenvalue weighted by molar-refractivity contribution is 5.92. The molecule has 1 aliphatic carbocycles. The summed E-state index contributed by atoms with van der Waals surface area (Å²) in [5.74, 6) is -0.0203. The van der Waals surface area contributed by atoms with Gasteiger partial charge in [0.1, 0.15) is 24.3 Å². The predicted molar refractivity (Wildman–Crippen MR) is 242 cm³/mol. The minimum Gasteiger partial charge on any atom is -0.453 e. The summed E-state index contributed by atoms with van der Waals surface area (Å²) < 4.78 is 22.8. The number of aromatic nitrogens is 4. The zero-order chi connectivity index (χ0) is 44.8. The number of hydrogen-bond donors (Lipinski definition) is 3. The van der Waals surface area contributed by atoms with E-state index in [1.54, 1.807) is 11.1 Å². The van der Waals surface area contributed by atoms with E-state index in [0.29, 0.717) is 48.1 Å². The molecule has 3 N–H and O–H groups in total. The number of fused-ring (bicyclic) bond motifs is 3. The van der Waals surface area contributed by atoms with Gasteiger partial charge in [0.05, 0.1) is 61.7 Å². The molecule has 336 valence electrons. The number of rotatable bonds is 9. The fraction of sp³-hybridized carbons (Fsp3) is 0.400. The van der Waals surface area contributed by atoms with Crippen LogP contribution in [-0.2, 0) is 30.3 Å². The van der Waals surface area contributed by atoms with E-state index in [-0.39, 0.29) is 42.7 Å². The fourth-order valence-electron chi connectivity index (χ4n) is 10.4. The molecule has 2 aromatic heterocycles. The normalized spacial score (nSPS) is 21.8. The second-order valence-electron chi connectivity index (χ2n) is 18.1. The molecular formula is C50H53N7O8. The molecule has 3 amide bonds. The average molecular weight is 880 g/mol. The summed E-state index contributed by atoms with van der Waals surface area (Å²) >= 11 is 0. The number of carbonyl (C=O) groups is 3. The lowest BCUT2D eigenvalue weighted by molar-refractivity contribution is -0.153. The number of benzene rings is 4. The summed E-state index contributed by atoms with van der Waals surface area (Å²) in [5.41, 5.74) is 4.83. The summed E-state index contributed by atoms with van der Waals surface area (Å²) in [4.78, 5) is 73.6. The van der Waals surface area contributed by atoms with E-state index in [1.807, 2.05) is 73.3 Å². The lowest BCUT2D eigenvalue weighted by atomic mass is 9.85. The molecule has 15 nitrogen and oxygen atoms in total. The summed E-state index contributed by atoms with van der Waals surface area (Å²) in [6, 6.07) is 26.2. The smallest absolute Gasteiger partial charge is 0.410 e. The van der Waals surface area contributed by atoms with Crippen molar-refractivity contribution in [2.45, 2.75) is 88.9 Å². The summed E-state index contributed by atoms with van der Waals surface area (Å²) in [6.45, 7) is 4.98. The Morgan fingerprint density at radius 1 is 0.877 bits per heavy atom. The number of alkyl carbamates (subject to hydrolysis) is 1. The molecule has 5 heterocycles. The van der Waals surface area contributed by atoms with Crippen LogP contribution in [0, 0.1) is 11.8 Å². The van der Waals surface area contributed by atoms with E-state index in [1.165, 1.54) is 7.11 Å². The van der Waals surface area contributed by atoms with E-state index in [4.69, 9.17) is 28.9 Å². The molecule has 0 unspecified atom stereocenters. The van der Waals surface area contributed by atoms with Gasteiger partial charge < -0.3 is 39.1 Å². The molecule has 65 heavy (non-hydrogen) atoms. The van der Waals surface area contributed by atoms with Gasteiger partial charge >= 0.3 is 12.2 Å². The maximum atomic E-state index is 14.1. The molecular weight excluding hydrogens is 827 g/mol. The van der Waals surface area contributed by atoms with Crippen molar-refractivity contribution in [3.05, 3.63) is 119 Å². The minimum atomic E-state index is -0.950. The zero-order valence-electron chi connectivity index (χ0n) is 36.8. The Hall–Kier alpha value is -6.58. The molecule has 15 heteroatoms. The second-order valence-corrected chi connectivity index (χ2v) is 18.1. The van der Waals surface area contributed by atoms with E-state index in [0.717, 1.165) is 70.8 Å². The number of hydrogen-bond acceptors (Lipinski definition) is 10. The van der Waals surface area contributed by atoms with Gasteiger partial charge in [-0.15, -0.1) is 0 Å². The van der Waals surface area contributed by atoms with E-state index in [2.05, 4.69) is 45.6 Å². The van der Waals surface area contributed by atoms with Crippen LogP contribution < -0.4 is 10.9 Å². The number of ether oxygens (including phenoxy) is 4. The number of imidazole rings is 1. The summed E-state index contributed by atoms with van der Waals surface area (Å²) in [6.07, 6.45) is 5.94. The third-order valence-corrected chi connectivity index (χ3v) is 13.7. The molecule has 3 saturated heterocycles. The van der Waals surface area contributed by atoms with E-state index in [9.17, 15) is 19.2 Å². The Balaban J connectivity index is 0.898. The van der Waals surface area contributed by atoms with Gasteiger partial charge in [0.25, 0.3) is 5.56 Å². The van der Waals surface area contributed by atoms with Gasteiger partial charge in [-0.05, 0) is 82.8 Å². The standard InChI is InChI=1S/C50H53N7O8/c1-29(2)43(54-48(60)62-3)47(59)56-28-50(64-19-20-65-50)25-42(56)44-51-26-39(53-44)35-16-15-31-21-32(13-14-33(31)22-35)34-17-18-37-38(23-34)52-45(55-46(37)58)41-24-36-11-7-8-12-40(36)57(41)49(61)63-27-30-9-5-4-6-10-30/h4-6,9-10,13-18,21-23,26,29,36,40-43H,7-8,11-12,19-20,24-25,27-28H2,1-3H3,(H,51,53)(H,54,60)(H,52,55,58)/t36-,40-,41-,42-,43-/m0/s1. The Morgan fingerprint density at radius 3 is 2.37 bits per heavy atom. The highest BCUT2D eigenvalue weighted by Crippen LogP contribution is 2.46. The highest BCUT2D eigenvalue weighted by atomic mass is 16.7. The van der Waals surface area contributed by atoms with Crippen LogP contribution in [0.3, 0.4) is 0 Å². The van der Waals surface area contributed by atoms with Gasteiger partial charge in [0.15, 0.2) is 5.79 Å². The zero-order valence-corrected chi connectivity index (χ0v) is 36.8. The number of aromatic amines is 2. The first-order chi connectivity index (χ1) is 31.6. The number of methoxy groups -OCH3 is 1. The number of carbonyl (C=O) groups excluding carboxylic acids is 3. The quantitative estimate of drug-likeness (QED) is 0.128. The Morgan fingerprint density at radius 2 is 1.60 bits per heavy atom. The minimum absolute atomic E-state index is 0.0429. The molecule has 4 aromatic carbocycles. The second kappa shape index (κ2) is 17.4. The first-order valence-corrected chi connectivity index (χ1v) is 22.6. The topological polar surface area (TPSA) is 181 Å². The third kappa shape index (κ3) is 8.23. The molecule has 6 aromatic rings. The van der Waals surface area contributed by atoms with Crippen molar-refractivity contribution in [3.63, 3.8) is 0 Å². The van der Waals surface area contributed by atoms with Crippen LogP contribution in [0.5, 0.6) is 0 Å². The molecule has 0 bridgehead atoms. The molecule has 10 rings (SSSR count). The van der Waals surface area contributed by atoms with Gasteiger partial charge in [-0.1, -0.05) is 87.4 Å². The predicted octanol–water partition coefficient (Wildman–Crippen LogP) is 8.17. The third-order valence-electron chi connectivity index (χ3n) is 13.7. The molecule has 3 aliphatic heterocycles. The van der Waals surface area contributed by atoms with Gasteiger partial charge in [-0.25, -0.2) is 19.6 Å². The Kier molecular flexibility index (Phi) is 11.4. The molecule has 4 aliphatic rings. The van der Waals surface area contributed by atoms with Crippen molar-refractivity contribution in [1.82, 2.24) is 35.1 Å². The first kappa shape index (κ1) is 42.4. The lowest BCUT2D eigenvalue weighted by Crippen LogP contribution is -2.52. The van der Waals surface area contributed by atoms with Crippen molar-refractivity contribution >= 4 is 39.8 Å². The largest absolute Gasteiger partial charge is 0.453 e. The van der Waals surface area contributed by atoms with Gasteiger partial charge in [0.2, 0.25) is 5.91 Å². The maximum Gasteiger partial charge on any atom is 0.410 e. The number of likely N-dealkylation sites (tertiary alicyclic amines) is 2. The first-order valence-electron chi connectivity index (χ1n) is 22.6. The van der Waals surface area contributed by atoms with Crippen LogP contribution >= 0.6 is 0 Å². The number of H-pyrrole nitrogens is 2. The van der Waals surface area contributed by atoms with E-state index >= 15 is 0 Å². The average Bonchev–Trinajstić information content (AvgIpc) is 4.16. The number of nitrogens with zero attached hydrogens (tertiary/aromatic N) is 4. The van der Waals surface area contributed by atoms with Crippen molar-refractivity contribution in [1.29, 1.82) is 0 Å². The maximum absolute atomic E-state index is 14.1. The molecule has 5 atom stereocenters. The van der Waals surface area contributed by atoms with Gasteiger partial charge in [-0.2, -0.15) is 0 Å². The molecule has 1 saturated carbocycles. The van der Waals surface area contributed by atoms with Crippen LogP contribution in [0.25, 0.3) is 44.1 Å². The van der Waals surface area contributed by atoms with E-state index < -0.39 is 30.0 Å². The van der Waals surface area contributed by atoms with Crippen LogP contribution in [0.2, 0.25) is 0 Å². The number of nitrogens with one attached hydrogen (secondary N) is 3. The molecule has 4 fully saturated rings. The monoisotopic (exact) mass is 879 g/mol. The molecule has 0 radical (unpaired) electrons. The van der Waals surface area contributed by atoms with Crippen molar-refractivity contribution in [2.24, 2.45) is 11.8 Å². The van der Waals surface area contributed by atoms with Crippen LogP contribution in [0.15, 0.2) is 95.9 Å². The van der Waals surface area contributed by atoms with Gasteiger partial charge in [0, 0.05) is 18.0 Å². The fourth-order valence-corrected chi connectivity index (χ4v) is 10.4. The highest BCUT2D eigenvalue weighted by Gasteiger charge is 2.53. The van der Waals surface area contributed by atoms with Crippen LogP contribution in [-0.4, -0.2) is 92.6 Å². The van der Waals surface area contributed by atoms with Crippen molar-refractivity contribution in [2.75, 3.05) is 26.9 Å². The SMILES string of the molecule is COC(=O)N[C@H](C(=O)N1CC2(C[C@H]1c1ncc(-c3ccc4cc(-c5ccc6c(=O)[nH]c([C@@H]7C[C@@H]8CCCC[C@@H]8N7C(=O)OCc7ccccc7)nc6c5)ccc4c3)[nH]1)OCCO2)C(C)C.